The van der Waals surface area contributed by atoms with Crippen molar-refractivity contribution < 1.29 is 9.59 Å². The Morgan fingerprint density at radius 1 is 1.07 bits per heavy atom. The van der Waals surface area contributed by atoms with Crippen molar-refractivity contribution in [2.75, 3.05) is 6.54 Å². The van der Waals surface area contributed by atoms with Crippen molar-refractivity contribution in [3.63, 3.8) is 0 Å². The minimum absolute atomic E-state index is 0.0144. The zero-order valence-electron chi connectivity index (χ0n) is 16.6. The Kier molecular flexibility index (Phi) is 5.34. The molecule has 1 unspecified atom stereocenters. The molecule has 2 aromatic carbocycles. The van der Waals surface area contributed by atoms with Gasteiger partial charge in [-0.15, -0.1) is 6.58 Å². The van der Waals surface area contributed by atoms with Crippen LogP contribution < -0.4 is 0 Å². The van der Waals surface area contributed by atoms with Gasteiger partial charge in [0.15, 0.2) is 0 Å². The number of likely N-dealkylation sites (tertiary alicyclic amines) is 1. The molecule has 1 atom stereocenters. The van der Waals surface area contributed by atoms with Gasteiger partial charge in [-0.2, -0.15) is 0 Å². The number of nitrogens with zero attached hydrogens (tertiary/aromatic N) is 2. The molecule has 1 aliphatic rings. The number of hydrogen-bond donors (Lipinski definition) is 0. The van der Waals surface area contributed by atoms with E-state index in [-0.39, 0.29) is 11.8 Å². The second-order valence-corrected chi connectivity index (χ2v) is 7.69. The molecule has 1 amide bonds. The van der Waals surface area contributed by atoms with Crippen LogP contribution in [0, 0.1) is 0 Å². The normalized spacial score (nSPS) is 19.0. The summed E-state index contributed by atoms with van der Waals surface area (Å²) in [5, 5.41) is 1.03. The molecule has 4 heteroatoms. The number of aromatic nitrogens is 1. The molecule has 1 fully saturated rings. The Morgan fingerprint density at radius 3 is 2.62 bits per heavy atom. The van der Waals surface area contributed by atoms with Crippen molar-refractivity contribution >= 4 is 22.7 Å². The van der Waals surface area contributed by atoms with E-state index in [1.165, 1.54) is 5.56 Å². The maximum Gasteiger partial charge on any atom is 0.257 e. The molecule has 0 aliphatic carbocycles. The van der Waals surface area contributed by atoms with Crippen LogP contribution in [0.2, 0.25) is 0 Å². The SMILES string of the molecule is C=CCCC1(C(=O)n2ccc3ccccc32)CCC(=O)N1CCc1ccccc1. The lowest BCUT2D eigenvalue weighted by Crippen LogP contribution is -2.54. The third kappa shape index (κ3) is 3.51. The van der Waals surface area contributed by atoms with Crippen molar-refractivity contribution in [1.82, 2.24) is 9.47 Å². The van der Waals surface area contributed by atoms with Crippen LogP contribution in [0.25, 0.3) is 10.9 Å². The summed E-state index contributed by atoms with van der Waals surface area (Å²) in [4.78, 5) is 28.5. The second-order valence-electron chi connectivity index (χ2n) is 7.69. The van der Waals surface area contributed by atoms with E-state index in [1.54, 1.807) is 4.57 Å². The highest BCUT2D eigenvalue weighted by Crippen LogP contribution is 2.37. The number of fused-ring (bicyclic) bond motifs is 1. The number of para-hydroxylation sites is 1. The highest BCUT2D eigenvalue weighted by Gasteiger charge is 2.50. The summed E-state index contributed by atoms with van der Waals surface area (Å²) >= 11 is 0. The number of benzene rings is 2. The molecular formula is C25H26N2O2. The molecule has 2 heterocycles. The Morgan fingerprint density at radius 2 is 1.83 bits per heavy atom. The van der Waals surface area contributed by atoms with Crippen molar-refractivity contribution in [3.8, 4) is 0 Å². The van der Waals surface area contributed by atoms with Crippen LogP contribution in [0.4, 0.5) is 0 Å². The standard InChI is InChI=1S/C25H26N2O2/c1-2-3-16-25(24(29)26-18-15-21-11-7-8-12-22(21)26)17-13-23(28)27(25)19-14-20-9-5-4-6-10-20/h2,4-12,15,18H,1,3,13-14,16-17,19H2. The summed E-state index contributed by atoms with van der Waals surface area (Å²) < 4.78 is 1.73. The molecule has 0 bridgehead atoms. The van der Waals surface area contributed by atoms with Gasteiger partial charge in [-0.25, -0.2) is 0 Å². The number of allylic oxidation sites excluding steroid dienone is 1. The van der Waals surface area contributed by atoms with E-state index in [1.807, 2.05) is 65.7 Å². The van der Waals surface area contributed by atoms with E-state index in [0.717, 1.165) is 17.3 Å². The summed E-state index contributed by atoms with van der Waals surface area (Å²) in [5.74, 6) is 0.0502. The fourth-order valence-corrected chi connectivity index (χ4v) is 4.46. The van der Waals surface area contributed by atoms with Gasteiger partial charge >= 0.3 is 0 Å². The Hall–Kier alpha value is -3.14. The Bertz CT molecular complexity index is 1040. The van der Waals surface area contributed by atoms with Crippen LogP contribution in [0.3, 0.4) is 0 Å². The monoisotopic (exact) mass is 386 g/mol. The molecule has 1 aliphatic heterocycles. The van der Waals surface area contributed by atoms with E-state index in [9.17, 15) is 9.59 Å². The van der Waals surface area contributed by atoms with Gasteiger partial charge in [-0.05, 0) is 43.4 Å². The van der Waals surface area contributed by atoms with Crippen LogP contribution in [-0.4, -0.2) is 33.4 Å². The number of hydrogen-bond acceptors (Lipinski definition) is 2. The molecule has 0 N–H and O–H groups in total. The van der Waals surface area contributed by atoms with Gasteiger partial charge in [0.25, 0.3) is 5.91 Å². The lowest BCUT2D eigenvalue weighted by molar-refractivity contribution is -0.130. The zero-order chi connectivity index (χ0) is 20.3. The Labute approximate surface area is 171 Å². The maximum absolute atomic E-state index is 13.9. The maximum atomic E-state index is 13.9. The van der Waals surface area contributed by atoms with Gasteiger partial charge in [-0.1, -0.05) is 54.6 Å². The molecule has 4 nitrogen and oxygen atoms in total. The van der Waals surface area contributed by atoms with Crippen molar-refractivity contribution in [2.24, 2.45) is 0 Å². The molecule has 1 aromatic heterocycles. The predicted molar refractivity (Wildman–Crippen MR) is 116 cm³/mol. The number of amides is 1. The van der Waals surface area contributed by atoms with Crippen LogP contribution in [-0.2, 0) is 11.2 Å². The number of rotatable bonds is 7. The molecule has 0 saturated carbocycles. The topological polar surface area (TPSA) is 42.3 Å². The van der Waals surface area contributed by atoms with Crippen LogP contribution >= 0.6 is 0 Å². The zero-order valence-corrected chi connectivity index (χ0v) is 16.6. The third-order valence-electron chi connectivity index (χ3n) is 6.02. The van der Waals surface area contributed by atoms with Crippen LogP contribution in [0.1, 0.15) is 36.0 Å². The van der Waals surface area contributed by atoms with E-state index in [2.05, 4.69) is 18.7 Å². The fourth-order valence-electron chi connectivity index (χ4n) is 4.46. The van der Waals surface area contributed by atoms with Crippen molar-refractivity contribution in [2.45, 2.75) is 37.6 Å². The molecule has 29 heavy (non-hydrogen) atoms. The summed E-state index contributed by atoms with van der Waals surface area (Å²) in [6, 6.07) is 19.9. The highest BCUT2D eigenvalue weighted by molar-refractivity contribution is 6.01. The predicted octanol–water partition coefficient (Wildman–Crippen LogP) is 4.85. The summed E-state index contributed by atoms with van der Waals surface area (Å²) in [5.41, 5.74) is 1.24. The number of carbonyl (C=O) groups is 2. The molecular weight excluding hydrogens is 360 g/mol. The summed E-state index contributed by atoms with van der Waals surface area (Å²) in [6.45, 7) is 4.39. The van der Waals surface area contributed by atoms with Gasteiger partial charge in [0.1, 0.15) is 5.54 Å². The Balaban J connectivity index is 1.69. The van der Waals surface area contributed by atoms with Gasteiger partial charge in [0.05, 0.1) is 5.52 Å². The largest absolute Gasteiger partial charge is 0.328 e. The molecule has 148 valence electrons. The molecule has 3 aromatic rings. The minimum atomic E-state index is -0.818. The first-order valence-electron chi connectivity index (χ1n) is 10.2. The first-order valence-corrected chi connectivity index (χ1v) is 10.2. The van der Waals surface area contributed by atoms with Crippen molar-refractivity contribution in [1.29, 1.82) is 0 Å². The smallest absolute Gasteiger partial charge is 0.257 e. The lowest BCUT2D eigenvalue weighted by atomic mass is 9.88. The van der Waals surface area contributed by atoms with E-state index in [4.69, 9.17) is 0 Å². The highest BCUT2D eigenvalue weighted by atomic mass is 16.2. The molecule has 1 saturated heterocycles. The number of carbonyl (C=O) groups excluding carboxylic acids is 2. The minimum Gasteiger partial charge on any atom is -0.328 e. The van der Waals surface area contributed by atoms with E-state index >= 15 is 0 Å². The van der Waals surface area contributed by atoms with Gasteiger partial charge < -0.3 is 4.90 Å². The van der Waals surface area contributed by atoms with E-state index < -0.39 is 5.54 Å². The lowest BCUT2D eigenvalue weighted by Gasteiger charge is -2.37. The fraction of sp³-hybridized carbons (Fsp3) is 0.280. The average Bonchev–Trinajstić information content (AvgIpc) is 3.33. The average molecular weight is 386 g/mol. The summed E-state index contributed by atoms with van der Waals surface area (Å²) in [7, 11) is 0. The van der Waals surface area contributed by atoms with Gasteiger partial charge in [0, 0.05) is 24.5 Å². The van der Waals surface area contributed by atoms with Crippen LogP contribution in [0.15, 0.2) is 79.5 Å². The molecule has 0 radical (unpaired) electrons. The van der Waals surface area contributed by atoms with Crippen LogP contribution in [0.5, 0.6) is 0 Å². The van der Waals surface area contributed by atoms with Crippen molar-refractivity contribution in [3.05, 3.63) is 85.1 Å². The third-order valence-corrected chi connectivity index (χ3v) is 6.02. The first-order chi connectivity index (χ1) is 14.2. The quantitative estimate of drug-likeness (QED) is 0.545. The van der Waals surface area contributed by atoms with E-state index in [0.29, 0.717) is 32.2 Å². The summed E-state index contributed by atoms with van der Waals surface area (Å²) in [6.07, 6.45) is 6.67. The second kappa shape index (κ2) is 8.08. The van der Waals surface area contributed by atoms with Gasteiger partial charge in [-0.3, -0.25) is 14.2 Å². The molecule has 4 rings (SSSR count). The molecule has 0 spiro atoms. The first kappa shape index (κ1) is 19.2. The van der Waals surface area contributed by atoms with Gasteiger partial charge in [0.2, 0.25) is 5.91 Å².